The predicted octanol–water partition coefficient (Wildman–Crippen LogP) is 0.621. The zero-order valence-electron chi connectivity index (χ0n) is 5.65. The van der Waals surface area contributed by atoms with Crippen molar-refractivity contribution in [2.24, 2.45) is 0 Å². The van der Waals surface area contributed by atoms with Crippen molar-refractivity contribution in [3.8, 4) is 24.7 Å². The zero-order chi connectivity index (χ0) is 7.11. The number of hydrogen-bond donors (Lipinski definition) is 1. The molecule has 0 aromatic carbocycles. The fourth-order valence-corrected chi connectivity index (χ4v) is 0.420. The Hall–Kier alpha value is -0.920. The third-order valence-corrected chi connectivity index (χ3v) is 0.970. The van der Waals surface area contributed by atoms with Crippen LogP contribution in [-0.2, 0) is 0 Å². The lowest BCUT2D eigenvalue weighted by atomic mass is 10.3. The molecule has 0 saturated heterocycles. The lowest BCUT2D eigenvalue weighted by molar-refractivity contribution is 0.657. The highest BCUT2D eigenvalue weighted by molar-refractivity contribution is 4.96. The van der Waals surface area contributed by atoms with Gasteiger partial charge in [-0.15, -0.1) is 18.8 Å². The summed E-state index contributed by atoms with van der Waals surface area (Å²) in [6.45, 7) is 2.73. The molecule has 1 unspecified atom stereocenters. The summed E-state index contributed by atoms with van der Waals surface area (Å²) in [5.41, 5.74) is 0. The largest absolute Gasteiger partial charge is 0.303 e. The van der Waals surface area contributed by atoms with E-state index in [1.165, 1.54) is 0 Å². The maximum absolute atomic E-state index is 5.09. The molecule has 0 fully saturated rings. The first-order chi connectivity index (χ1) is 4.31. The van der Waals surface area contributed by atoms with E-state index >= 15 is 0 Å². The molecule has 0 aliphatic rings. The van der Waals surface area contributed by atoms with Crippen molar-refractivity contribution in [3.05, 3.63) is 0 Å². The molecule has 0 aromatic rings. The van der Waals surface area contributed by atoms with Crippen molar-refractivity contribution in [3.63, 3.8) is 0 Å². The van der Waals surface area contributed by atoms with Gasteiger partial charge in [-0.25, -0.2) is 0 Å². The molecule has 1 heteroatoms. The second-order valence-corrected chi connectivity index (χ2v) is 1.80. The van der Waals surface area contributed by atoms with Crippen LogP contribution in [0.1, 0.15) is 13.3 Å². The van der Waals surface area contributed by atoms with E-state index in [4.69, 9.17) is 12.8 Å². The van der Waals surface area contributed by atoms with E-state index in [-0.39, 0.29) is 6.04 Å². The molecule has 1 nitrogen and oxygen atoms in total. The highest BCUT2D eigenvalue weighted by Crippen LogP contribution is 1.77. The van der Waals surface area contributed by atoms with E-state index in [0.717, 1.165) is 13.0 Å². The molecule has 0 bridgehead atoms. The fraction of sp³-hybridized carbons (Fsp3) is 0.500. The SMILES string of the molecule is C#CCCNC(C)C#C. The van der Waals surface area contributed by atoms with Crippen LogP contribution in [0.2, 0.25) is 0 Å². The quantitative estimate of drug-likeness (QED) is 0.426. The fourth-order valence-electron chi connectivity index (χ4n) is 0.420. The van der Waals surface area contributed by atoms with Gasteiger partial charge in [0.15, 0.2) is 0 Å². The summed E-state index contributed by atoms with van der Waals surface area (Å²) in [6, 6.07) is 0.137. The summed E-state index contributed by atoms with van der Waals surface area (Å²) in [6.07, 6.45) is 10.8. The van der Waals surface area contributed by atoms with E-state index in [1.807, 2.05) is 6.92 Å². The molecule has 0 heterocycles. The highest BCUT2D eigenvalue weighted by atomic mass is 14.9. The van der Waals surface area contributed by atoms with Gasteiger partial charge in [-0.05, 0) is 6.92 Å². The van der Waals surface area contributed by atoms with Gasteiger partial charge in [-0.3, -0.25) is 0 Å². The summed E-state index contributed by atoms with van der Waals surface area (Å²) in [4.78, 5) is 0. The monoisotopic (exact) mass is 121 g/mol. The van der Waals surface area contributed by atoms with E-state index in [9.17, 15) is 0 Å². The summed E-state index contributed by atoms with van der Waals surface area (Å²) >= 11 is 0. The first-order valence-corrected chi connectivity index (χ1v) is 2.94. The first kappa shape index (κ1) is 8.08. The third kappa shape index (κ3) is 4.94. The molecule has 48 valence electrons. The van der Waals surface area contributed by atoms with Crippen LogP contribution in [0.5, 0.6) is 0 Å². The number of rotatable bonds is 3. The second kappa shape index (κ2) is 5.22. The van der Waals surface area contributed by atoms with Crippen molar-refractivity contribution in [2.75, 3.05) is 6.54 Å². The molecule has 0 aliphatic heterocycles. The molecular formula is C8H11N. The van der Waals surface area contributed by atoms with Crippen LogP contribution in [0.15, 0.2) is 0 Å². The molecule has 0 rings (SSSR count). The van der Waals surface area contributed by atoms with Crippen LogP contribution in [0.25, 0.3) is 0 Å². The lowest BCUT2D eigenvalue weighted by Crippen LogP contribution is -2.24. The van der Waals surface area contributed by atoms with Gasteiger partial charge >= 0.3 is 0 Å². The Bertz CT molecular complexity index is 136. The summed E-state index contributed by atoms with van der Waals surface area (Å²) in [7, 11) is 0. The van der Waals surface area contributed by atoms with Crippen molar-refractivity contribution >= 4 is 0 Å². The molecule has 0 aromatic heterocycles. The van der Waals surface area contributed by atoms with Crippen LogP contribution < -0.4 is 5.32 Å². The van der Waals surface area contributed by atoms with Crippen molar-refractivity contribution in [1.82, 2.24) is 5.32 Å². The zero-order valence-corrected chi connectivity index (χ0v) is 5.65. The van der Waals surface area contributed by atoms with Gasteiger partial charge in [0.25, 0.3) is 0 Å². The minimum absolute atomic E-state index is 0.137. The molecule has 0 spiro atoms. The maximum atomic E-state index is 5.09. The molecular weight excluding hydrogens is 110 g/mol. The van der Waals surface area contributed by atoms with Crippen LogP contribution in [0, 0.1) is 24.7 Å². The van der Waals surface area contributed by atoms with Gasteiger partial charge in [0.1, 0.15) is 0 Å². The molecule has 0 radical (unpaired) electrons. The summed E-state index contributed by atoms with van der Waals surface area (Å²) < 4.78 is 0. The summed E-state index contributed by atoms with van der Waals surface area (Å²) in [5, 5.41) is 3.05. The number of nitrogens with one attached hydrogen (secondary N) is 1. The van der Waals surface area contributed by atoms with Gasteiger partial charge in [0.05, 0.1) is 6.04 Å². The highest BCUT2D eigenvalue weighted by Gasteiger charge is 1.90. The number of terminal acetylenes is 2. The minimum atomic E-state index is 0.137. The van der Waals surface area contributed by atoms with E-state index in [1.54, 1.807) is 0 Å². The van der Waals surface area contributed by atoms with Gasteiger partial charge in [0.2, 0.25) is 0 Å². The van der Waals surface area contributed by atoms with Crippen molar-refractivity contribution < 1.29 is 0 Å². The lowest BCUT2D eigenvalue weighted by Gasteiger charge is -2.02. The Morgan fingerprint density at radius 1 is 1.56 bits per heavy atom. The third-order valence-electron chi connectivity index (χ3n) is 0.970. The Morgan fingerprint density at radius 2 is 2.22 bits per heavy atom. The van der Waals surface area contributed by atoms with E-state index < -0.39 is 0 Å². The van der Waals surface area contributed by atoms with E-state index in [0.29, 0.717) is 0 Å². The average molecular weight is 121 g/mol. The second-order valence-electron chi connectivity index (χ2n) is 1.80. The number of hydrogen-bond acceptors (Lipinski definition) is 1. The van der Waals surface area contributed by atoms with Gasteiger partial charge < -0.3 is 5.32 Å². The van der Waals surface area contributed by atoms with Crippen molar-refractivity contribution in [2.45, 2.75) is 19.4 Å². The smallest absolute Gasteiger partial charge is 0.0658 e. The summed E-state index contributed by atoms with van der Waals surface area (Å²) in [5.74, 6) is 5.06. The standard InChI is InChI=1S/C8H11N/c1-4-6-7-9-8(3)5-2/h1-2,8-9H,6-7H2,3H3. The van der Waals surface area contributed by atoms with Gasteiger partial charge in [-0.2, -0.15) is 0 Å². The van der Waals surface area contributed by atoms with Gasteiger partial charge in [-0.1, -0.05) is 5.92 Å². The Morgan fingerprint density at radius 3 is 2.67 bits per heavy atom. The predicted molar refractivity (Wildman–Crippen MR) is 39.7 cm³/mol. The van der Waals surface area contributed by atoms with Crippen molar-refractivity contribution in [1.29, 1.82) is 0 Å². The maximum Gasteiger partial charge on any atom is 0.0658 e. The minimum Gasteiger partial charge on any atom is -0.303 e. The van der Waals surface area contributed by atoms with Crippen LogP contribution >= 0.6 is 0 Å². The van der Waals surface area contributed by atoms with Gasteiger partial charge in [0, 0.05) is 13.0 Å². The van der Waals surface area contributed by atoms with Crippen LogP contribution in [-0.4, -0.2) is 12.6 Å². The molecule has 0 saturated carbocycles. The Kier molecular flexibility index (Phi) is 4.69. The molecule has 0 aliphatic carbocycles. The van der Waals surface area contributed by atoms with Crippen LogP contribution in [0.3, 0.4) is 0 Å². The molecule has 0 amide bonds. The molecule has 9 heavy (non-hydrogen) atoms. The Labute approximate surface area is 56.8 Å². The normalized spacial score (nSPS) is 11.4. The van der Waals surface area contributed by atoms with E-state index in [2.05, 4.69) is 17.2 Å². The Balaban J connectivity index is 3.12. The topological polar surface area (TPSA) is 12.0 Å². The molecule has 1 atom stereocenters. The first-order valence-electron chi connectivity index (χ1n) is 2.94. The van der Waals surface area contributed by atoms with Crippen LogP contribution in [0.4, 0.5) is 0 Å². The molecule has 1 N–H and O–H groups in total. The average Bonchev–Trinajstić information content (AvgIpc) is 1.89.